The second kappa shape index (κ2) is 4.54. The zero-order valence-electron chi connectivity index (χ0n) is 14.0. The van der Waals surface area contributed by atoms with E-state index < -0.39 is 0 Å². The van der Waals surface area contributed by atoms with Gasteiger partial charge in [0.25, 0.3) is 5.65 Å². The molecule has 0 aliphatic carbocycles. The largest absolute Gasteiger partial charge is 0.297 e. The summed E-state index contributed by atoms with van der Waals surface area (Å²) in [6.07, 6.45) is 1.91. The Morgan fingerprint density at radius 1 is 0.958 bits per heavy atom. The predicted octanol–water partition coefficient (Wildman–Crippen LogP) is 4.24. The number of fused-ring (bicyclic) bond motifs is 8. The zero-order chi connectivity index (χ0) is 16.4. The SMILES string of the molecule is Cc1ccc2c(c1)n(C)c1c3c(C)ccnc3c3ccccc3[n+]21. The maximum Gasteiger partial charge on any atom is 0.297 e. The lowest BCUT2D eigenvalue weighted by atomic mass is 10.1. The van der Waals surface area contributed by atoms with Crippen LogP contribution in [0.4, 0.5) is 0 Å². The van der Waals surface area contributed by atoms with Crippen molar-refractivity contribution >= 4 is 38.5 Å². The van der Waals surface area contributed by atoms with Crippen LogP contribution in [0.3, 0.4) is 0 Å². The molecule has 2 aromatic carbocycles. The molecule has 116 valence electrons. The summed E-state index contributed by atoms with van der Waals surface area (Å²) in [6.45, 7) is 4.31. The van der Waals surface area contributed by atoms with E-state index in [1.807, 2.05) is 6.20 Å². The average Bonchev–Trinajstić information content (AvgIpc) is 2.88. The lowest BCUT2D eigenvalue weighted by Crippen LogP contribution is -2.23. The van der Waals surface area contributed by atoms with Gasteiger partial charge in [-0.1, -0.05) is 18.2 Å². The maximum atomic E-state index is 4.72. The molecule has 3 heteroatoms. The molecule has 3 aromatic heterocycles. The molecule has 3 nitrogen and oxygen atoms in total. The number of pyridine rings is 2. The Morgan fingerprint density at radius 3 is 2.67 bits per heavy atom. The number of aromatic nitrogens is 3. The van der Waals surface area contributed by atoms with Crippen LogP contribution in [0.5, 0.6) is 0 Å². The van der Waals surface area contributed by atoms with Gasteiger partial charge in [0.05, 0.1) is 18.0 Å². The van der Waals surface area contributed by atoms with E-state index in [1.165, 1.54) is 44.1 Å². The van der Waals surface area contributed by atoms with Gasteiger partial charge in [0.15, 0.2) is 11.0 Å². The van der Waals surface area contributed by atoms with E-state index in [-0.39, 0.29) is 0 Å². The van der Waals surface area contributed by atoms with E-state index >= 15 is 0 Å². The van der Waals surface area contributed by atoms with Crippen LogP contribution in [0.15, 0.2) is 54.7 Å². The first kappa shape index (κ1) is 13.5. The highest BCUT2D eigenvalue weighted by Gasteiger charge is 2.24. The smallest absolute Gasteiger partial charge is 0.255 e. The molecule has 24 heavy (non-hydrogen) atoms. The molecule has 0 saturated heterocycles. The maximum absolute atomic E-state index is 4.72. The van der Waals surface area contributed by atoms with Crippen LogP contribution in [0.1, 0.15) is 11.1 Å². The summed E-state index contributed by atoms with van der Waals surface area (Å²) >= 11 is 0. The van der Waals surface area contributed by atoms with Crippen molar-refractivity contribution in [2.24, 2.45) is 7.05 Å². The van der Waals surface area contributed by atoms with E-state index in [9.17, 15) is 0 Å². The van der Waals surface area contributed by atoms with Crippen molar-refractivity contribution in [3.8, 4) is 0 Å². The fourth-order valence-electron chi connectivity index (χ4n) is 3.91. The van der Waals surface area contributed by atoms with E-state index in [0.29, 0.717) is 0 Å². The first-order chi connectivity index (χ1) is 11.7. The minimum Gasteiger partial charge on any atom is -0.255 e. The Morgan fingerprint density at radius 2 is 1.79 bits per heavy atom. The Bertz CT molecular complexity index is 1280. The number of nitrogens with zero attached hydrogens (tertiary/aromatic N) is 3. The topological polar surface area (TPSA) is 21.9 Å². The van der Waals surface area contributed by atoms with Crippen molar-refractivity contribution in [2.45, 2.75) is 13.8 Å². The first-order valence-corrected chi connectivity index (χ1v) is 8.23. The Hall–Kier alpha value is -2.94. The molecular weight excluding hydrogens is 294 g/mol. The summed E-state index contributed by atoms with van der Waals surface area (Å²) in [5, 5.41) is 2.43. The van der Waals surface area contributed by atoms with Crippen molar-refractivity contribution in [3.63, 3.8) is 0 Å². The van der Waals surface area contributed by atoms with E-state index in [4.69, 9.17) is 4.98 Å². The second-order valence-corrected chi connectivity index (χ2v) is 6.58. The van der Waals surface area contributed by atoms with Crippen LogP contribution in [0.2, 0.25) is 0 Å². The average molecular weight is 312 g/mol. The van der Waals surface area contributed by atoms with Gasteiger partial charge in [-0.15, -0.1) is 0 Å². The highest BCUT2D eigenvalue weighted by molar-refractivity contribution is 6.09. The minimum absolute atomic E-state index is 1.08. The quantitative estimate of drug-likeness (QED) is 0.310. The number of benzene rings is 2. The monoisotopic (exact) mass is 312 g/mol. The van der Waals surface area contributed by atoms with Gasteiger partial charge >= 0.3 is 0 Å². The van der Waals surface area contributed by atoms with Gasteiger partial charge in [-0.3, -0.25) is 4.98 Å². The van der Waals surface area contributed by atoms with Gasteiger partial charge in [-0.05, 0) is 55.3 Å². The van der Waals surface area contributed by atoms with Gasteiger partial charge in [-0.25, -0.2) is 4.57 Å². The summed E-state index contributed by atoms with van der Waals surface area (Å²) in [4.78, 5) is 4.72. The molecule has 0 fully saturated rings. The van der Waals surface area contributed by atoms with Gasteiger partial charge in [0, 0.05) is 11.6 Å². The lowest BCUT2D eigenvalue weighted by molar-refractivity contribution is -0.449. The van der Waals surface area contributed by atoms with Crippen molar-refractivity contribution in [1.82, 2.24) is 9.55 Å². The third-order valence-corrected chi connectivity index (χ3v) is 5.05. The molecule has 0 aliphatic heterocycles. The predicted molar refractivity (Wildman–Crippen MR) is 98.4 cm³/mol. The van der Waals surface area contributed by atoms with E-state index in [0.717, 1.165) is 5.52 Å². The fourth-order valence-corrected chi connectivity index (χ4v) is 3.91. The first-order valence-electron chi connectivity index (χ1n) is 8.23. The molecule has 5 aromatic rings. The summed E-state index contributed by atoms with van der Waals surface area (Å²) in [5.41, 5.74) is 8.49. The molecule has 0 aliphatic rings. The molecule has 3 heterocycles. The van der Waals surface area contributed by atoms with Gasteiger partial charge in [-0.2, -0.15) is 4.40 Å². The highest BCUT2D eigenvalue weighted by atomic mass is 15.1. The molecule has 0 amide bonds. The van der Waals surface area contributed by atoms with Gasteiger partial charge in [0.1, 0.15) is 5.52 Å². The number of imidazole rings is 1. The molecule has 0 unspecified atom stereocenters. The van der Waals surface area contributed by atoms with E-state index in [1.54, 1.807) is 0 Å². The number of hydrogen-bond acceptors (Lipinski definition) is 1. The van der Waals surface area contributed by atoms with Crippen LogP contribution in [0, 0.1) is 13.8 Å². The molecule has 0 spiro atoms. The van der Waals surface area contributed by atoms with Crippen LogP contribution in [-0.2, 0) is 7.05 Å². The number of rotatable bonds is 0. The summed E-state index contributed by atoms with van der Waals surface area (Å²) < 4.78 is 4.67. The number of aryl methyl sites for hydroxylation is 3. The molecule has 0 atom stereocenters. The molecule has 0 radical (unpaired) electrons. The minimum atomic E-state index is 1.08. The highest BCUT2D eigenvalue weighted by Crippen LogP contribution is 2.29. The molecule has 0 N–H and O–H groups in total. The van der Waals surface area contributed by atoms with Gasteiger partial charge in [0.2, 0.25) is 0 Å². The molecular formula is C21H18N3+. The van der Waals surface area contributed by atoms with Crippen LogP contribution >= 0.6 is 0 Å². The Labute approximate surface area is 139 Å². The van der Waals surface area contributed by atoms with Crippen LogP contribution < -0.4 is 4.40 Å². The molecule has 0 bridgehead atoms. The number of para-hydroxylation sites is 1. The van der Waals surface area contributed by atoms with Crippen molar-refractivity contribution in [2.75, 3.05) is 0 Å². The van der Waals surface area contributed by atoms with Crippen molar-refractivity contribution in [1.29, 1.82) is 0 Å². The second-order valence-electron chi connectivity index (χ2n) is 6.58. The van der Waals surface area contributed by atoms with Crippen molar-refractivity contribution < 1.29 is 4.40 Å². The summed E-state index contributed by atoms with van der Waals surface area (Å²) in [5.74, 6) is 0. The fraction of sp³-hybridized carbons (Fsp3) is 0.143. The lowest BCUT2D eigenvalue weighted by Gasteiger charge is -2.05. The van der Waals surface area contributed by atoms with E-state index in [2.05, 4.69) is 78.4 Å². The standard InChI is InChI=1S/C21H18N3/c1-13-8-9-17-18(12-13)23(3)21-19-14(2)10-11-22-20(19)15-6-4-5-7-16(15)24(17)21/h4-12H,1-3H3/q+1. The van der Waals surface area contributed by atoms with Crippen molar-refractivity contribution in [3.05, 3.63) is 65.9 Å². The number of hydrogen-bond donors (Lipinski definition) is 0. The third kappa shape index (κ3) is 1.56. The summed E-state index contributed by atoms with van der Waals surface area (Å²) in [7, 11) is 2.15. The third-order valence-electron chi connectivity index (χ3n) is 5.05. The Kier molecular flexibility index (Phi) is 2.55. The van der Waals surface area contributed by atoms with Crippen LogP contribution in [0.25, 0.3) is 38.5 Å². The Balaban J connectivity index is 2.27. The normalized spacial score (nSPS) is 12.0. The van der Waals surface area contributed by atoms with Gasteiger partial charge < -0.3 is 0 Å². The zero-order valence-corrected chi connectivity index (χ0v) is 14.0. The molecule has 5 rings (SSSR count). The summed E-state index contributed by atoms with van der Waals surface area (Å²) in [6, 6.07) is 17.3. The molecule has 0 saturated carbocycles. The van der Waals surface area contributed by atoms with Crippen LogP contribution in [-0.4, -0.2) is 9.55 Å².